The predicted octanol–water partition coefficient (Wildman–Crippen LogP) is 4.43. The Kier molecular flexibility index (Phi) is 7.34. The quantitative estimate of drug-likeness (QED) is 0.691. The molecule has 6 nitrogen and oxygen atoms in total. The topological polar surface area (TPSA) is 90.3 Å². The van der Waals surface area contributed by atoms with E-state index in [1.165, 1.54) is 5.56 Å². The van der Waals surface area contributed by atoms with E-state index in [9.17, 15) is 13.2 Å². The minimum absolute atomic E-state index is 0.0645. The van der Waals surface area contributed by atoms with Gasteiger partial charge in [-0.25, -0.2) is 8.42 Å². The van der Waals surface area contributed by atoms with E-state index in [-0.39, 0.29) is 11.7 Å². The van der Waals surface area contributed by atoms with Crippen LogP contribution in [0.2, 0.25) is 0 Å². The molecule has 31 heavy (non-hydrogen) atoms. The minimum atomic E-state index is -3.41. The predicted molar refractivity (Wildman–Crippen MR) is 123 cm³/mol. The number of amides is 1. The Balaban J connectivity index is 1.67. The van der Waals surface area contributed by atoms with E-state index in [1.54, 1.807) is 18.2 Å². The maximum atomic E-state index is 13.1. The zero-order chi connectivity index (χ0) is 22.4. The Morgan fingerprint density at radius 1 is 1.16 bits per heavy atom. The first-order valence-electron chi connectivity index (χ1n) is 10.7. The van der Waals surface area contributed by atoms with Gasteiger partial charge < -0.3 is 4.90 Å². The summed E-state index contributed by atoms with van der Waals surface area (Å²) in [6, 6.07) is 14.9. The third kappa shape index (κ3) is 5.86. The number of carbonyl (C=O) groups is 1. The molecular weight excluding hydrogens is 410 g/mol. The van der Waals surface area contributed by atoms with Gasteiger partial charge in [-0.1, -0.05) is 31.5 Å². The molecular formula is C24H29N3O3S. The van der Waals surface area contributed by atoms with Crippen molar-refractivity contribution in [2.24, 2.45) is 0 Å². The van der Waals surface area contributed by atoms with Crippen LogP contribution in [0.3, 0.4) is 0 Å². The van der Waals surface area contributed by atoms with Crippen LogP contribution in [0.25, 0.3) is 0 Å². The lowest BCUT2D eigenvalue weighted by Gasteiger charge is -2.32. The SMILES string of the molecule is CCCCS(=O)(=O)Nc1ccc(C)c(C(=O)N2CCC(c3ccc(C#N)cc3)CC2)c1. The molecule has 0 unspecified atom stereocenters. The molecule has 1 heterocycles. The second-order valence-corrected chi connectivity index (χ2v) is 9.95. The molecule has 0 saturated carbocycles. The number of rotatable bonds is 7. The van der Waals surface area contributed by atoms with Crippen LogP contribution >= 0.6 is 0 Å². The number of carbonyl (C=O) groups excluding carboxylic acids is 1. The molecule has 0 bridgehead atoms. The molecule has 3 rings (SSSR count). The van der Waals surface area contributed by atoms with Gasteiger partial charge in [-0.15, -0.1) is 0 Å². The number of nitrogens with one attached hydrogen (secondary N) is 1. The molecule has 1 amide bonds. The van der Waals surface area contributed by atoms with Crippen LogP contribution in [0.5, 0.6) is 0 Å². The molecule has 0 aliphatic carbocycles. The van der Waals surface area contributed by atoms with Gasteiger partial charge in [0.1, 0.15) is 0 Å². The summed E-state index contributed by atoms with van der Waals surface area (Å²) >= 11 is 0. The normalized spacial score (nSPS) is 14.8. The Morgan fingerprint density at radius 3 is 2.45 bits per heavy atom. The van der Waals surface area contributed by atoms with Gasteiger partial charge in [0.25, 0.3) is 5.91 Å². The lowest BCUT2D eigenvalue weighted by Crippen LogP contribution is -2.38. The summed E-state index contributed by atoms with van der Waals surface area (Å²) in [6.07, 6.45) is 3.12. The summed E-state index contributed by atoms with van der Waals surface area (Å²) in [5.41, 5.74) is 3.64. The average molecular weight is 440 g/mol. The second-order valence-electron chi connectivity index (χ2n) is 8.10. The van der Waals surface area contributed by atoms with Gasteiger partial charge in [0.2, 0.25) is 10.0 Å². The van der Waals surface area contributed by atoms with Crippen molar-refractivity contribution in [3.63, 3.8) is 0 Å². The van der Waals surface area contributed by atoms with Gasteiger partial charge in [-0.3, -0.25) is 9.52 Å². The van der Waals surface area contributed by atoms with E-state index >= 15 is 0 Å². The van der Waals surface area contributed by atoms with Gasteiger partial charge in [-0.05, 0) is 67.5 Å². The first-order chi connectivity index (χ1) is 14.8. The van der Waals surface area contributed by atoms with Crippen LogP contribution in [0.1, 0.15) is 65.6 Å². The fourth-order valence-corrected chi connectivity index (χ4v) is 5.15. The molecule has 0 spiro atoms. The van der Waals surface area contributed by atoms with Crippen molar-refractivity contribution in [1.82, 2.24) is 4.90 Å². The number of nitriles is 1. The molecule has 1 saturated heterocycles. The molecule has 1 aliphatic rings. The summed E-state index contributed by atoms with van der Waals surface area (Å²) in [7, 11) is -3.41. The fourth-order valence-electron chi connectivity index (χ4n) is 3.90. The highest BCUT2D eigenvalue weighted by Gasteiger charge is 2.26. The number of hydrogen-bond donors (Lipinski definition) is 1. The second kappa shape index (κ2) is 9.97. The number of benzene rings is 2. The van der Waals surface area contributed by atoms with Crippen molar-refractivity contribution in [1.29, 1.82) is 5.26 Å². The first-order valence-corrected chi connectivity index (χ1v) is 12.4. The monoisotopic (exact) mass is 439 g/mol. The highest BCUT2D eigenvalue weighted by molar-refractivity contribution is 7.92. The molecule has 7 heteroatoms. The van der Waals surface area contributed by atoms with Crippen LogP contribution in [-0.4, -0.2) is 38.1 Å². The number of unbranched alkanes of at least 4 members (excludes halogenated alkanes) is 1. The van der Waals surface area contributed by atoms with Crippen molar-refractivity contribution in [3.8, 4) is 6.07 Å². The number of nitrogens with zero attached hydrogens (tertiary/aromatic N) is 2. The number of piperidine rings is 1. The molecule has 2 aromatic rings. The summed E-state index contributed by atoms with van der Waals surface area (Å²) in [6.45, 7) is 5.11. The largest absolute Gasteiger partial charge is 0.339 e. The molecule has 164 valence electrons. The molecule has 0 radical (unpaired) electrons. The summed E-state index contributed by atoms with van der Waals surface area (Å²) in [5, 5.41) is 8.95. The van der Waals surface area contributed by atoms with Crippen LogP contribution in [0.15, 0.2) is 42.5 Å². The molecule has 0 aromatic heterocycles. The van der Waals surface area contributed by atoms with Gasteiger partial charge in [-0.2, -0.15) is 5.26 Å². The van der Waals surface area contributed by atoms with Crippen LogP contribution in [0, 0.1) is 18.3 Å². The zero-order valence-corrected chi connectivity index (χ0v) is 18.9. The Bertz CT molecular complexity index is 1060. The number of anilines is 1. The van der Waals surface area contributed by atoms with Crippen molar-refractivity contribution in [2.75, 3.05) is 23.6 Å². The first kappa shape index (κ1) is 22.8. The third-order valence-corrected chi connectivity index (χ3v) is 7.17. The van der Waals surface area contributed by atoms with E-state index in [1.807, 2.05) is 43.0 Å². The van der Waals surface area contributed by atoms with E-state index in [2.05, 4.69) is 10.8 Å². The van der Waals surface area contributed by atoms with Crippen LogP contribution in [-0.2, 0) is 10.0 Å². The number of aryl methyl sites for hydroxylation is 1. The lowest BCUT2D eigenvalue weighted by molar-refractivity contribution is 0.0712. The maximum Gasteiger partial charge on any atom is 0.254 e. The van der Waals surface area contributed by atoms with Gasteiger partial charge in [0.15, 0.2) is 0 Å². The van der Waals surface area contributed by atoms with Crippen LogP contribution < -0.4 is 4.72 Å². The van der Waals surface area contributed by atoms with Crippen LogP contribution in [0.4, 0.5) is 5.69 Å². The van der Waals surface area contributed by atoms with Gasteiger partial charge >= 0.3 is 0 Å². The van der Waals surface area contributed by atoms with Crippen molar-refractivity contribution in [2.45, 2.75) is 45.4 Å². The number of likely N-dealkylation sites (tertiary alicyclic amines) is 1. The summed E-state index contributed by atoms with van der Waals surface area (Å²) < 4.78 is 27.0. The smallest absolute Gasteiger partial charge is 0.254 e. The van der Waals surface area contributed by atoms with E-state index in [4.69, 9.17) is 5.26 Å². The van der Waals surface area contributed by atoms with E-state index < -0.39 is 10.0 Å². The van der Waals surface area contributed by atoms with E-state index in [0.29, 0.717) is 42.2 Å². The number of hydrogen-bond acceptors (Lipinski definition) is 4. The average Bonchev–Trinajstić information content (AvgIpc) is 2.78. The minimum Gasteiger partial charge on any atom is -0.339 e. The van der Waals surface area contributed by atoms with Gasteiger partial charge in [0, 0.05) is 24.3 Å². The Morgan fingerprint density at radius 2 is 1.84 bits per heavy atom. The summed E-state index contributed by atoms with van der Waals surface area (Å²) in [5.74, 6) is 0.378. The molecule has 2 aromatic carbocycles. The standard InChI is InChI=1S/C24H29N3O3S/c1-3-4-15-31(29,30)26-22-10-5-18(2)23(16-22)24(28)27-13-11-21(12-14-27)20-8-6-19(17-25)7-9-20/h5-10,16,21,26H,3-4,11-15H2,1-2H3. The maximum absolute atomic E-state index is 13.1. The zero-order valence-electron chi connectivity index (χ0n) is 18.1. The van der Waals surface area contributed by atoms with Crippen molar-refractivity contribution >= 4 is 21.6 Å². The third-order valence-electron chi connectivity index (χ3n) is 5.80. The molecule has 0 atom stereocenters. The fraction of sp³-hybridized carbons (Fsp3) is 0.417. The van der Waals surface area contributed by atoms with Crippen molar-refractivity contribution < 1.29 is 13.2 Å². The summed E-state index contributed by atoms with van der Waals surface area (Å²) in [4.78, 5) is 15.0. The van der Waals surface area contributed by atoms with Crippen molar-refractivity contribution in [3.05, 3.63) is 64.7 Å². The highest BCUT2D eigenvalue weighted by Crippen LogP contribution is 2.29. The van der Waals surface area contributed by atoms with Gasteiger partial charge in [0.05, 0.1) is 17.4 Å². The Labute approximate surface area is 184 Å². The van der Waals surface area contributed by atoms with E-state index in [0.717, 1.165) is 24.8 Å². The highest BCUT2D eigenvalue weighted by atomic mass is 32.2. The number of sulfonamides is 1. The molecule has 1 N–H and O–H groups in total. The Hall–Kier alpha value is -2.85. The molecule has 1 fully saturated rings. The molecule has 1 aliphatic heterocycles. The lowest BCUT2D eigenvalue weighted by atomic mass is 9.88.